The number of anilines is 3. The predicted molar refractivity (Wildman–Crippen MR) is 93.3 cm³/mol. The molecular formula is C18H14ClN3O. The van der Waals surface area contributed by atoms with Crippen LogP contribution in [0.4, 0.5) is 17.2 Å². The summed E-state index contributed by atoms with van der Waals surface area (Å²) >= 11 is 6.07. The van der Waals surface area contributed by atoms with E-state index in [1.165, 1.54) is 0 Å². The second-order valence-corrected chi connectivity index (χ2v) is 5.39. The first-order valence-electron chi connectivity index (χ1n) is 7.02. The zero-order valence-electron chi connectivity index (χ0n) is 12.2. The third-order valence-corrected chi connectivity index (χ3v) is 3.59. The van der Waals surface area contributed by atoms with Gasteiger partial charge in [0.25, 0.3) is 0 Å². The van der Waals surface area contributed by atoms with Gasteiger partial charge >= 0.3 is 0 Å². The lowest BCUT2D eigenvalue weighted by molar-refractivity contribution is 0.103. The molecule has 0 aliphatic rings. The van der Waals surface area contributed by atoms with E-state index in [1.807, 2.05) is 18.2 Å². The molecule has 3 aromatic rings. The number of aromatic nitrogens is 1. The van der Waals surface area contributed by atoms with Crippen LogP contribution in [0, 0.1) is 0 Å². The van der Waals surface area contributed by atoms with Gasteiger partial charge in [-0.1, -0.05) is 41.9 Å². The third kappa shape index (κ3) is 3.33. The summed E-state index contributed by atoms with van der Waals surface area (Å²) in [7, 11) is 0. The number of rotatable bonds is 4. The van der Waals surface area contributed by atoms with Gasteiger partial charge in [0, 0.05) is 22.3 Å². The van der Waals surface area contributed by atoms with Gasteiger partial charge in [-0.2, -0.15) is 0 Å². The van der Waals surface area contributed by atoms with Gasteiger partial charge in [-0.25, -0.2) is 4.98 Å². The Morgan fingerprint density at radius 2 is 1.83 bits per heavy atom. The highest BCUT2D eigenvalue weighted by Gasteiger charge is 2.15. The largest absolute Gasteiger partial charge is 0.396 e. The van der Waals surface area contributed by atoms with Crippen molar-refractivity contribution in [1.82, 2.24) is 4.98 Å². The number of nitrogens with one attached hydrogen (secondary N) is 1. The van der Waals surface area contributed by atoms with Gasteiger partial charge in [-0.3, -0.25) is 4.79 Å². The van der Waals surface area contributed by atoms with E-state index >= 15 is 0 Å². The first kappa shape index (κ1) is 15.1. The van der Waals surface area contributed by atoms with Crippen molar-refractivity contribution in [3.8, 4) is 0 Å². The Bertz CT molecular complexity index is 850. The van der Waals surface area contributed by atoms with Crippen molar-refractivity contribution >= 4 is 34.6 Å². The molecule has 0 bridgehead atoms. The lowest BCUT2D eigenvalue weighted by Gasteiger charge is -2.13. The Labute approximate surface area is 138 Å². The molecule has 3 N–H and O–H groups in total. The first-order chi connectivity index (χ1) is 11.1. The lowest BCUT2D eigenvalue weighted by atomic mass is 10.0. The molecule has 5 heteroatoms. The summed E-state index contributed by atoms with van der Waals surface area (Å²) in [4.78, 5) is 16.9. The van der Waals surface area contributed by atoms with E-state index in [0.717, 1.165) is 0 Å². The molecule has 23 heavy (non-hydrogen) atoms. The van der Waals surface area contributed by atoms with Crippen LogP contribution in [-0.2, 0) is 0 Å². The van der Waals surface area contributed by atoms with Gasteiger partial charge in [0.05, 0.1) is 11.4 Å². The van der Waals surface area contributed by atoms with Crippen LogP contribution in [0.15, 0.2) is 66.9 Å². The zero-order chi connectivity index (χ0) is 16.2. The Kier molecular flexibility index (Phi) is 4.26. The van der Waals surface area contributed by atoms with Crippen molar-refractivity contribution in [2.24, 2.45) is 0 Å². The zero-order valence-corrected chi connectivity index (χ0v) is 12.9. The number of carbonyl (C=O) groups excluding carboxylic acids is 1. The molecule has 0 saturated heterocycles. The van der Waals surface area contributed by atoms with Gasteiger partial charge in [-0.15, -0.1) is 0 Å². The van der Waals surface area contributed by atoms with Crippen LogP contribution in [0.2, 0.25) is 5.02 Å². The minimum absolute atomic E-state index is 0.0979. The number of nitrogen functional groups attached to an aromatic ring is 1. The second-order valence-electron chi connectivity index (χ2n) is 4.95. The van der Waals surface area contributed by atoms with Gasteiger partial charge in [0.2, 0.25) is 0 Å². The minimum Gasteiger partial charge on any atom is -0.396 e. The molecule has 0 aliphatic carbocycles. The van der Waals surface area contributed by atoms with Gasteiger partial charge in [0.1, 0.15) is 0 Å². The van der Waals surface area contributed by atoms with Crippen molar-refractivity contribution in [2.45, 2.75) is 0 Å². The average Bonchev–Trinajstić information content (AvgIpc) is 2.57. The summed E-state index contributed by atoms with van der Waals surface area (Å²) in [5.74, 6) is 0.385. The summed E-state index contributed by atoms with van der Waals surface area (Å²) in [5.41, 5.74) is 8.07. The van der Waals surface area contributed by atoms with Crippen molar-refractivity contribution in [3.05, 3.63) is 83.0 Å². The quantitative estimate of drug-likeness (QED) is 0.703. The monoisotopic (exact) mass is 323 g/mol. The van der Waals surface area contributed by atoms with Crippen LogP contribution < -0.4 is 11.1 Å². The molecule has 114 valence electrons. The van der Waals surface area contributed by atoms with E-state index in [4.69, 9.17) is 17.3 Å². The normalized spacial score (nSPS) is 10.3. The van der Waals surface area contributed by atoms with Crippen molar-refractivity contribution in [2.75, 3.05) is 11.1 Å². The Balaban J connectivity index is 2.02. The van der Waals surface area contributed by atoms with Crippen LogP contribution >= 0.6 is 11.6 Å². The molecule has 1 heterocycles. The standard InChI is InChI=1S/C18H14ClN3O/c19-13-8-9-14(17(23)12-5-2-1-3-6-12)16(11-13)22-18-15(20)7-4-10-21-18/h1-11H,20H2,(H,21,22). The van der Waals surface area contributed by atoms with E-state index < -0.39 is 0 Å². The number of nitrogens with zero attached hydrogens (tertiary/aromatic N) is 1. The molecule has 0 unspecified atom stereocenters. The van der Waals surface area contributed by atoms with E-state index in [9.17, 15) is 4.79 Å². The van der Waals surface area contributed by atoms with Crippen LogP contribution in [0.3, 0.4) is 0 Å². The highest BCUT2D eigenvalue weighted by molar-refractivity contribution is 6.31. The van der Waals surface area contributed by atoms with Crippen LogP contribution in [-0.4, -0.2) is 10.8 Å². The molecule has 0 aliphatic heterocycles. The molecule has 0 fully saturated rings. The highest BCUT2D eigenvalue weighted by Crippen LogP contribution is 2.28. The molecule has 1 aromatic heterocycles. The molecule has 3 rings (SSSR count). The second kappa shape index (κ2) is 6.50. The maximum Gasteiger partial charge on any atom is 0.195 e. The molecule has 0 spiro atoms. The average molecular weight is 324 g/mol. The number of nitrogens with two attached hydrogens (primary N) is 1. The number of hydrogen-bond acceptors (Lipinski definition) is 4. The van der Waals surface area contributed by atoms with Crippen molar-refractivity contribution < 1.29 is 4.79 Å². The van der Waals surface area contributed by atoms with E-state index in [2.05, 4.69) is 10.3 Å². The van der Waals surface area contributed by atoms with Crippen LogP contribution in [0.5, 0.6) is 0 Å². The summed E-state index contributed by atoms with van der Waals surface area (Å²) in [5, 5.41) is 3.61. The molecule has 0 saturated carbocycles. The topological polar surface area (TPSA) is 68.0 Å². The number of ketones is 1. The maximum absolute atomic E-state index is 12.7. The SMILES string of the molecule is Nc1cccnc1Nc1cc(Cl)ccc1C(=O)c1ccccc1. The first-order valence-corrected chi connectivity index (χ1v) is 7.40. The highest BCUT2D eigenvalue weighted by atomic mass is 35.5. The Morgan fingerprint density at radius 1 is 1.04 bits per heavy atom. The van der Waals surface area contributed by atoms with Crippen molar-refractivity contribution in [1.29, 1.82) is 0 Å². The summed E-state index contributed by atoms with van der Waals surface area (Å²) in [6.45, 7) is 0. The number of pyridine rings is 1. The third-order valence-electron chi connectivity index (χ3n) is 3.35. The van der Waals surface area contributed by atoms with Crippen LogP contribution in [0.25, 0.3) is 0 Å². The molecule has 2 aromatic carbocycles. The van der Waals surface area contributed by atoms with Gasteiger partial charge < -0.3 is 11.1 Å². The van der Waals surface area contributed by atoms with Crippen molar-refractivity contribution in [3.63, 3.8) is 0 Å². The number of hydrogen-bond donors (Lipinski definition) is 2. The minimum atomic E-state index is -0.0979. The number of carbonyl (C=O) groups is 1. The number of halogens is 1. The molecule has 0 amide bonds. The van der Waals surface area contributed by atoms with E-state index in [-0.39, 0.29) is 5.78 Å². The number of benzene rings is 2. The molecular weight excluding hydrogens is 310 g/mol. The lowest BCUT2D eigenvalue weighted by Crippen LogP contribution is -2.07. The molecule has 0 atom stereocenters. The van der Waals surface area contributed by atoms with Crippen LogP contribution in [0.1, 0.15) is 15.9 Å². The summed E-state index contributed by atoms with van der Waals surface area (Å²) < 4.78 is 0. The van der Waals surface area contributed by atoms with Gasteiger partial charge in [-0.05, 0) is 30.3 Å². The van der Waals surface area contributed by atoms with E-state index in [0.29, 0.717) is 33.3 Å². The molecule has 0 radical (unpaired) electrons. The Hall–Kier alpha value is -2.85. The smallest absolute Gasteiger partial charge is 0.195 e. The molecule has 4 nitrogen and oxygen atoms in total. The van der Waals surface area contributed by atoms with Gasteiger partial charge in [0.15, 0.2) is 11.6 Å². The fourth-order valence-corrected chi connectivity index (χ4v) is 2.38. The predicted octanol–water partition coefficient (Wildman–Crippen LogP) is 4.29. The summed E-state index contributed by atoms with van der Waals surface area (Å²) in [6.07, 6.45) is 1.63. The fourth-order valence-electron chi connectivity index (χ4n) is 2.21. The maximum atomic E-state index is 12.7. The Morgan fingerprint density at radius 3 is 2.57 bits per heavy atom. The fraction of sp³-hybridized carbons (Fsp3) is 0. The van der Waals surface area contributed by atoms with E-state index in [1.54, 1.807) is 48.7 Å². The summed E-state index contributed by atoms with van der Waals surface area (Å²) in [6, 6.07) is 17.6.